The SMILES string of the molecule is Cc1ccc(NC(=O)C(=O)NN=Cc2cccc(OC(=O)c3ccc(Cl)cc3)c2)cc1Cl. The van der Waals surface area contributed by atoms with E-state index < -0.39 is 17.8 Å². The maximum Gasteiger partial charge on any atom is 0.343 e. The molecule has 0 radical (unpaired) electrons. The van der Waals surface area contributed by atoms with Crippen LogP contribution in [0.25, 0.3) is 0 Å². The van der Waals surface area contributed by atoms with Crippen molar-refractivity contribution in [3.05, 3.63) is 93.5 Å². The lowest BCUT2D eigenvalue weighted by Gasteiger charge is -2.06. The molecule has 0 saturated heterocycles. The molecule has 0 aromatic heterocycles. The monoisotopic (exact) mass is 469 g/mol. The fourth-order valence-electron chi connectivity index (χ4n) is 2.48. The zero-order valence-electron chi connectivity index (χ0n) is 16.8. The molecule has 0 aliphatic rings. The molecule has 0 saturated carbocycles. The molecule has 7 nitrogen and oxygen atoms in total. The Morgan fingerprint density at radius 2 is 1.69 bits per heavy atom. The highest BCUT2D eigenvalue weighted by Gasteiger charge is 2.13. The van der Waals surface area contributed by atoms with Gasteiger partial charge < -0.3 is 10.1 Å². The maximum atomic E-state index is 12.2. The van der Waals surface area contributed by atoms with Crippen LogP contribution < -0.4 is 15.5 Å². The number of esters is 1. The molecule has 0 aliphatic heterocycles. The van der Waals surface area contributed by atoms with E-state index in [9.17, 15) is 14.4 Å². The summed E-state index contributed by atoms with van der Waals surface area (Å²) in [7, 11) is 0. The number of hydrogen-bond donors (Lipinski definition) is 2. The number of amides is 2. The molecule has 0 fully saturated rings. The number of hydrazone groups is 1. The Morgan fingerprint density at radius 1 is 0.938 bits per heavy atom. The highest BCUT2D eigenvalue weighted by molar-refractivity contribution is 6.39. The van der Waals surface area contributed by atoms with Crippen LogP contribution in [0, 0.1) is 6.92 Å². The normalized spacial score (nSPS) is 10.6. The summed E-state index contributed by atoms with van der Waals surface area (Å²) in [5, 5.41) is 7.17. The van der Waals surface area contributed by atoms with E-state index in [4.69, 9.17) is 27.9 Å². The molecule has 0 bridgehead atoms. The third-order valence-electron chi connectivity index (χ3n) is 4.16. The van der Waals surface area contributed by atoms with Gasteiger partial charge in [-0.1, -0.05) is 41.4 Å². The standard InChI is InChI=1S/C23H17Cl2N3O4/c1-14-5-10-18(12-20(14)25)27-21(29)22(30)28-26-13-15-3-2-4-19(11-15)32-23(31)16-6-8-17(24)9-7-16/h2-13H,1H3,(H,27,29)(H,28,30). The van der Waals surface area contributed by atoms with Crippen LogP contribution in [0.4, 0.5) is 5.69 Å². The van der Waals surface area contributed by atoms with E-state index in [2.05, 4.69) is 15.8 Å². The lowest BCUT2D eigenvalue weighted by molar-refractivity contribution is -0.136. The number of rotatable bonds is 5. The van der Waals surface area contributed by atoms with Crippen molar-refractivity contribution < 1.29 is 19.1 Å². The number of halogens is 2. The minimum absolute atomic E-state index is 0.286. The lowest BCUT2D eigenvalue weighted by atomic mass is 10.2. The summed E-state index contributed by atoms with van der Waals surface area (Å²) in [6, 6.07) is 17.7. The average molecular weight is 470 g/mol. The molecule has 2 N–H and O–H groups in total. The van der Waals surface area contributed by atoms with Crippen molar-refractivity contribution >= 4 is 52.9 Å². The minimum atomic E-state index is -0.955. The Hall–Kier alpha value is -3.68. The summed E-state index contributed by atoms with van der Waals surface area (Å²) in [4.78, 5) is 36.1. The zero-order chi connectivity index (χ0) is 23.1. The number of ether oxygens (including phenoxy) is 1. The van der Waals surface area contributed by atoms with Gasteiger partial charge >= 0.3 is 17.8 Å². The molecular formula is C23H17Cl2N3O4. The summed E-state index contributed by atoms with van der Waals surface area (Å²) in [6.07, 6.45) is 1.31. The molecule has 9 heteroatoms. The quantitative estimate of drug-likeness (QED) is 0.187. The van der Waals surface area contributed by atoms with Crippen LogP contribution in [0.1, 0.15) is 21.5 Å². The molecule has 0 aliphatic carbocycles. The number of aryl methyl sites for hydroxylation is 1. The fourth-order valence-corrected chi connectivity index (χ4v) is 2.79. The van der Waals surface area contributed by atoms with Gasteiger partial charge in [-0.3, -0.25) is 9.59 Å². The number of nitrogens with zero attached hydrogens (tertiary/aromatic N) is 1. The number of carbonyl (C=O) groups is 3. The Morgan fingerprint density at radius 3 is 2.41 bits per heavy atom. The number of benzene rings is 3. The predicted molar refractivity (Wildman–Crippen MR) is 123 cm³/mol. The van der Waals surface area contributed by atoms with E-state index in [0.717, 1.165) is 5.56 Å². The maximum absolute atomic E-state index is 12.2. The first-order valence-electron chi connectivity index (χ1n) is 9.30. The van der Waals surface area contributed by atoms with Gasteiger partial charge in [-0.05, 0) is 66.6 Å². The van der Waals surface area contributed by atoms with Crippen LogP contribution in [0.2, 0.25) is 10.0 Å². The first kappa shape index (κ1) is 23.0. The first-order chi connectivity index (χ1) is 15.3. The smallest absolute Gasteiger partial charge is 0.343 e. The highest BCUT2D eigenvalue weighted by atomic mass is 35.5. The van der Waals surface area contributed by atoms with Crippen molar-refractivity contribution in [2.45, 2.75) is 6.92 Å². The van der Waals surface area contributed by atoms with E-state index in [1.54, 1.807) is 66.7 Å². The molecule has 0 unspecified atom stereocenters. The van der Waals surface area contributed by atoms with Crippen molar-refractivity contribution in [3.63, 3.8) is 0 Å². The summed E-state index contributed by atoms with van der Waals surface area (Å²) >= 11 is 11.8. The summed E-state index contributed by atoms with van der Waals surface area (Å²) < 4.78 is 5.33. The van der Waals surface area contributed by atoms with Crippen LogP contribution in [0.3, 0.4) is 0 Å². The van der Waals surface area contributed by atoms with E-state index in [-0.39, 0.29) is 5.75 Å². The van der Waals surface area contributed by atoms with Crippen LogP contribution >= 0.6 is 23.2 Å². The van der Waals surface area contributed by atoms with E-state index >= 15 is 0 Å². The lowest BCUT2D eigenvalue weighted by Crippen LogP contribution is -2.32. The Labute approximate surface area is 194 Å². The summed E-state index contributed by atoms with van der Waals surface area (Å²) in [5.41, 5.74) is 4.26. The van der Waals surface area contributed by atoms with Gasteiger partial charge in [-0.15, -0.1) is 0 Å². The Balaban J connectivity index is 1.56. The van der Waals surface area contributed by atoms with Crippen LogP contribution in [-0.2, 0) is 9.59 Å². The molecule has 0 spiro atoms. The van der Waals surface area contributed by atoms with E-state index in [1.807, 2.05) is 6.92 Å². The van der Waals surface area contributed by atoms with Gasteiger partial charge in [0, 0.05) is 15.7 Å². The van der Waals surface area contributed by atoms with Crippen LogP contribution in [0.5, 0.6) is 5.75 Å². The van der Waals surface area contributed by atoms with Crippen molar-refractivity contribution in [2.75, 3.05) is 5.32 Å². The summed E-state index contributed by atoms with van der Waals surface area (Å²) in [6.45, 7) is 1.82. The molecule has 3 aromatic carbocycles. The first-order valence-corrected chi connectivity index (χ1v) is 10.1. The molecular weight excluding hydrogens is 453 g/mol. The molecule has 0 atom stereocenters. The molecule has 3 aromatic rings. The number of nitrogens with one attached hydrogen (secondary N) is 2. The molecule has 32 heavy (non-hydrogen) atoms. The summed E-state index contributed by atoms with van der Waals surface area (Å²) in [5.74, 6) is -2.11. The van der Waals surface area contributed by atoms with Crippen molar-refractivity contribution in [3.8, 4) is 5.75 Å². The minimum Gasteiger partial charge on any atom is -0.423 e. The van der Waals surface area contributed by atoms with Gasteiger partial charge in [0.05, 0.1) is 11.8 Å². The number of hydrogen-bond acceptors (Lipinski definition) is 5. The van der Waals surface area contributed by atoms with Gasteiger partial charge in [0.2, 0.25) is 0 Å². The molecule has 3 rings (SSSR count). The fraction of sp³-hybridized carbons (Fsp3) is 0.0435. The van der Waals surface area contributed by atoms with Crippen molar-refractivity contribution in [2.24, 2.45) is 5.10 Å². The third-order valence-corrected chi connectivity index (χ3v) is 4.82. The second-order valence-electron chi connectivity index (χ2n) is 6.59. The van der Waals surface area contributed by atoms with Gasteiger partial charge in [0.25, 0.3) is 0 Å². The Bertz CT molecular complexity index is 1190. The van der Waals surface area contributed by atoms with Gasteiger partial charge in [0.1, 0.15) is 5.75 Å². The average Bonchev–Trinajstić information content (AvgIpc) is 2.77. The Kier molecular flexibility index (Phi) is 7.59. The second-order valence-corrected chi connectivity index (χ2v) is 7.43. The van der Waals surface area contributed by atoms with E-state index in [0.29, 0.717) is 26.9 Å². The zero-order valence-corrected chi connectivity index (χ0v) is 18.3. The van der Waals surface area contributed by atoms with Gasteiger partial charge in [0.15, 0.2) is 0 Å². The van der Waals surface area contributed by atoms with Gasteiger partial charge in [-0.2, -0.15) is 5.10 Å². The second kappa shape index (κ2) is 10.6. The molecule has 2 amide bonds. The molecule has 162 valence electrons. The molecule has 0 heterocycles. The van der Waals surface area contributed by atoms with Gasteiger partial charge in [-0.25, -0.2) is 10.2 Å². The van der Waals surface area contributed by atoms with Crippen LogP contribution in [0.15, 0.2) is 71.8 Å². The topological polar surface area (TPSA) is 96.9 Å². The highest BCUT2D eigenvalue weighted by Crippen LogP contribution is 2.20. The van der Waals surface area contributed by atoms with E-state index in [1.165, 1.54) is 6.21 Å². The van der Waals surface area contributed by atoms with Crippen molar-refractivity contribution in [1.29, 1.82) is 0 Å². The van der Waals surface area contributed by atoms with Crippen LogP contribution in [-0.4, -0.2) is 24.0 Å². The number of carbonyl (C=O) groups excluding carboxylic acids is 3. The van der Waals surface area contributed by atoms with Crippen molar-refractivity contribution in [1.82, 2.24) is 5.43 Å². The largest absolute Gasteiger partial charge is 0.423 e. The number of anilines is 1. The third kappa shape index (κ3) is 6.41. The predicted octanol–water partition coefficient (Wildman–Crippen LogP) is 4.61.